The van der Waals surface area contributed by atoms with E-state index in [1.165, 1.54) is 0 Å². The van der Waals surface area contributed by atoms with Gasteiger partial charge in [0.25, 0.3) is 5.91 Å². The van der Waals surface area contributed by atoms with E-state index in [-0.39, 0.29) is 5.91 Å². The summed E-state index contributed by atoms with van der Waals surface area (Å²) < 4.78 is 0. The fourth-order valence-electron chi connectivity index (χ4n) is 1.16. The van der Waals surface area contributed by atoms with E-state index >= 15 is 0 Å². The van der Waals surface area contributed by atoms with Gasteiger partial charge in [0.1, 0.15) is 0 Å². The third-order valence-electron chi connectivity index (χ3n) is 2.02. The summed E-state index contributed by atoms with van der Waals surface area (Å²) in [6.07, 6.45) is 0.865. The summed E-state index contributed by atoms with van der Waals surface area (Å²) >= 11 is 15.2. The molecule has 1 unspecified atom stereocenters. The van der Waals surface area contributed by atoms with E-state index in [4.69, 9.17) is 23.2 Å². The lowest BCUT2D eigenvalue weighted by molar-refractivity contribution is 0.0953. The average Bonchev–Trinajstić information content (AvgIpc) is 2.21. The quantitative estimate of drug-likeness (QED) is 0.836. The van der Waals surface area contributed by atoms with Gasteiger partial charge in [-0.2, -0.15) is 0 Å². The summed E-state index contributed by atoms with van der Waals surface area (Å²) in [6.45, 7) is 2.63. The molecule has 0 heterocycles. The number of carbonyl (C=O) groups is 1. The maximum atomic E-state index is 11.7. The Morgan fingerprint density at radius 1 is 1.50 bits per heavy atom. The Bertz CT molecular complexity index is 382. The third kappa shape index (κ3) is 3.96. The maximum Gasteiger partial charge on any atom is 0.252 e. The standard InChI is InChI=1S/C11H12BrCl2NO/c1-7(12)5-6-15-11(16)8-3-2-4-9(13)10(8)14/h2-4,7H,5-6H2,1H3,(H,15,16). The first-order valence-corrected chi connectivity index (χ1v) is 6.56. The number of alkyl halides is 1. The molecule has 2 nitrogen and oxygen atoms in total. The van der Waals surface area contributed by atoms with Gasteiger partial charge in [-0.3, -0.25) is 4.79 Å². The summed E-state index contributed by atoms with van der Waals surface area (Å²) in [5, 5.41) is 3.48. The Morgan fingerprint density at radius 3 is 2.81 bits per heavy atom. The van der Waals surface area contributed by atoms with Crippen LogP contribution >= 0.6 is 39.1 Å². The van der Waals surface area contributed by atoms with Crippen LogP contribution in [0, 0.1) is 0 Å². The first kappa shape index (κ1) is 13.8. The predicted octanol–water partition coefficient (Wildman–Crippen LogP) is 3.90. The molecular weight excluding hydrogens is 313 g/mol. The van der Waals surface area contributed by atoms with Gasteiger partial charge in [-0.25, -0.2) is 0 Å². The highest BCUT2D eigenvalue weighted by Crippen LogP contribution is 2.25. The Hall–Kier alpha value is -0.250. The molecule has 0 radical (unpaired) electrons. The molecule has 0 aliphatic rings. The van der Waals surface area contributed by atoms with Gasteiger partial charge >= 0.3 is 0 Å². The minimum absolute atomic E-state index is 0.194. The highest BCUT2D eigenvalue weighted by atomic mass is 79.9. The molecular formula is C11H12BrCl2NO. The Balaban J connectivity index is 2.63. The summed E-state index contributed by atoms with van der Waals surface area (Å²) in [7, 11) is 0. The topological polar surface area (TPSA) is 29.1 Å². The molecule has 1 amide bonds. The van der Waals surface area contributed by atoms with Gasteiger partial charge in [-0.05, 0) is 18.6 Å². The number of rotatable bonds is 4. The monoisotopic (exact) mass is 323 g/mol. The molecule has 16 heavy (non-hydrogen) atoms. The van der Waals surface area contributed by atoms with Crippen molar-refractivity contribution in [3.8, 4) is 0 Å². The smallest absolute Gasteiger partial charge is 0.252 e. The van der Waals surface area contributed by atoms with Gasteiger partial charge in [-0.1, -0.05) is 52.1 Å². The molecule has 0 aliphatic heterocycles. The minimum atomic E-state index is -0.194. The zero-order valence-electron chi connectivity index (χ0n) is 8.77. The second-order valence-corrected chi connectivity index (χ2v) is 5.78. The summed E-state index contributed by atoms with van der Waals surface area (Å²) in [4.78, 5) is 12.1. The lowest BCUT2D eigenvalue weighted by atomic mass is 10.2. The maximum absolute atomic E-state index is 11.7. The number of carbonyl (C=O) groups excluding carboxylic acids is 1. The van der Waals surface area contributed by atoms with Crippen molar-refractivity contribution in [2.24, 2.45) is 0 Å². The molecule has 88 valence electrons. The highest BCUT2D eigenvalue weighted by molar-refractivity contribution is 9.09. The van der Waals surface area contributed by atoms with Crippen LogP contribution in [0.15, 0.2) is 18.2 Å². The second kappa shape index (κ2) is 6.48. The Labute approximate surface area is 113 Å². The molecule has 0 saturated heterocycles. The molecule has 0 saturated carbocycles. The molecule has 1 aromatic carbocycles. The van der Waals surface area contributed by atoms with Crippen molar-refractivity contribution in [3.63, 3.8) is 0 Å². The van der Waals surface area contributed by atoms with Crippen LogP contribution < -0.4 is 5.32 Å². The highest BCUT2D eigenvalue weighted by Gasteiger charge is 2.11. The van der Waals surface area contributed by atoms with E-state index in [0.717, 1.165) is 6.42 Å². The molecule has 0 aromatic heterocycles. The Kier molecular flexibility index (Phi) is 5.59. The predicted molar refractivity (Wildman–Crippen MR) is 71.8 cm³/mol. The van der Waals surface area contributed by atoms with Crippen molar-refractivity contribution in [1.29, 1.82) is 0 Å². The van der Waals surface area contributed by atoms with E-state index in [9.17, 15) is 4.79 Å². The van der Waals surface area contributed by atoms with Gasteiger partial charge in [0.05, 0.1) is 15.6 Å². The van der Waals surface area contributed by atoms with Crippen LogP contribution in [0.5, 0.6) is 0 Å². The largest absolute Gasteiger partial charge is 0.352 e. The number of nitrogens with one attached hydrogen (secondary N) is 1. The van der Waals surface area contributed by atoms with Crippen molar-refractivity contribution < 1.29 is 4.79 Å². The van der Waals surface area contributed by atoms with E-state index in [2.05, 4.69) is 21.2 Å². The van der Waals surface area contributed by atoms with Crippen LogP contribution in [0.25, 0.3) is 0 Å². The van der Waals surface area contributed by atoms with Crippen LogP contribution in [0.4, 0.5) is 0 Å². The molecule has 5 heteroatoms. The van der Waals surface area contributed by atoms with E-state index in [1.807, 2.05) is 6.92 Å². The van der Waals surface area contributed by atoms with Gasteiger partial charge in [0.15, 0.2) is 0 Å². The number of benzene rings is 1. The van der Waals surface area contributed by atoms with E-state index < -0.39 is 0 Å². The van der Waals surface area contributed by atoms with Crippen molar-refractivity contribution in [1.82, 2.24) is 5.32 Å². The zero-order valence-corrected chi connectivity index (χ0v) is 11.9. The number of halogens is 3. The van der Waals surface area contributed by atoms with E-state index in [0.29, 0.717) is 27.0 Å². The fourth-order valence-corrected chi connectivity index (χ4v) is 1.77. The fraction of sp³-hybridized carbons (Fsp3) is 0.364. The third-order valence-corrected chi connectivity index (χ3v) is 3.30. The molecule has 0 bridgehead atoms. The van der Waals surface area contributed by atoms with Crippen LogP contribution in [-0.2, 0) is 0 Å². The SMILES string of the molecule is CC(Br)CCNC(=O)c1cccc(Cl)c1Cl. The van der Waals surface area contributed by atoms with Gasteiger partial charge in [0, 0.05) is 11.4 Å². The van der Waals surface area contributed by atoms with Gasteiger partial charge in [0.2, 0.25) is 0 Å². The van der Waals surface area contributed by atoms with E-state index in [1.54, 1.807) is 18.2 Å². The lowest BCUT2D eigenvalue weighted by Gasteiger charge is -2.08. The molecule has 0 fully saturated rings. The molecule has 1 atom stereocenters. The van der Waals surface area contributed by atoms with Crippen molar-refractivity contribution in [3.05, 3.63) is 33.8 Å². The number of hydrogen-bond donors (Lipinski definition) is 1. The molecule has 1 rings (SSSR count). The van der Waals surface area contributed by atoms with Crippen molar-refractivity contribution in [2.45, 2.75) is 18.2 Å². The second-order valence-electron chi connectivity index (χ2n) is 3.43. The first-order valence-electron chi connectivity index (χ1n) is 4.88. The van der Waals surface area contributed by atoms with Crippen LogP contribution in [-0.4, -0.2) is 17.3 Å². The summed E-state index contributed by atoms with van der Waals surface area (Å²) in [5.41, 5.74) is 0.413. The molecule has 1 N–H and O–H groups in total. The summed E-state index contributed by atoms with van der Waals surface area (Å²) in [6, 6.07) is 5.01. The molecule has 0 spiro atoms. The van der Waals surface area contributed by atoms with Crippen molar-refractivity contribution in [2.75, 3.05) is 6.54 Å². The number of amides is 1. The van der Waals surface area contributed by atoms with Gasteiger partial charge in [-0.15, -0.1) is 0 Å². The van der Waals surface area contributed by atoms with Crippen LogP contribution in [0.1, 0.15) is 23.7 Å². The lowest BCUT2D eigenvalue weighted by Crippen LogP contribution is -2.25. The van der Waals surface area contributed by atoms with Crippen LogP contribution in [0.2, 0.25) is 10.0 Å². The average molecular weight is 325 g/mol. The number of hydrogen-bond acceptors (Lipinski definition) is 1. The normalized spacial score (nSPS) is 12.2. The molecule has 0 aliphatic carbocycles. The van der Waals surface area contributed by atoms with Crippen LogP contribution in [0.3, 0.4) is 0 Å². The summed E-state index contributed by atoms with van der Waals surface area (Å²) in [5.74, 6) is -0.194. The Morgan fingerprint density at radius 2 is 2.19 bits per heavy atom. The molecule has 1 aromatic rings. The first-order chi connectivity index (χ1) is 7.52. The minimum Gasteiger partial charge on any atom is -0.352 e. The van der Waals surface area contributed by atoms with Gasteiger partial charge < -0.3 is 5.32 Å². The zero-order chi connectivity index (χ0) is 12.1. The van der Waals surface area contributed by atoms with Crippen molar-refractivity contribution >= 4 is 45.0 Å².